The largest absolute Gasteiger partial charge is 0.480 e. The summed E-state index contributed by atoms with van der Waals surface area (Å²) >= 11 is 7.14. The standard InChI is InChI=1S/C25H25F3N2O2S2/c1-14(2)23-21(34-24(30-23)16-4-7-18(8-5-16)25(26,27)28)11-10-20(33)17-6-9-19(15(3)12-17)29-13-22(31)32/h4-9,12,14,29H,10-11,13H2,1-3H3,(H,31,32). The second-order valence-corrected chi connectivity index (χ2v) is 9.83. The minimum atomic E-state index is -4.37. The lowest BCUT2D eigenvalue weighted by atomic mass is 10.0. The number of hydrogen-bond donors (Lipinski definition) is 2. The van der Waals surface area contributed by atoms with E-state index in [4.69, 9.17) is 22.3 Å². The van der Waals surface area contributed by atoms with Crippen molar-refractivity contribution in [1.29, 1.82) is 0 Å². The normalized spacial score (nSPS) is 11.6. The second kappa shape index (κ2) is 10.7. The van der Waals surface area contributed by atoms with Gasteiger partial charge in [0.05, 0.1) is 11.3 Å². The summed E-state index contributed by atoms with van der Waals surface area (Å²) in [5, 5.41) is 12.4. The van der Waals surface area contributed by atoms with E-state index in [1.165, 1.54) is 23.5 Å². The van der Waals surface area contributed by atoms with Crippen LogP contribution in [0.2, 0.25) is 0 Å². The van der Waals surface area contributed by atoms with E-state index in [2.05, 4.69) is 5.32 Å². The number of aromatic nitrogens is 1. The molecule has 0 fully saturated rings. The van der Waals surface area contributed by atoms with Crippen molar-refractivity contribution in [3.8, 4) is 10.6 Å². The van der Waals surface area contributed by atoms with Crippen LogP contribution < -0.4 is 5.32 Å². The summed E-state index contributed by atoms with van der Waals surface area (Å²) < 4.78 is 38.6. The maximum absolute atomic E-state index is 12.9. The summed E-state index contributed by atoms with van der Waals surface area (Å²) in [5.41, 5.74) is 3.49. The summed E-state index contributed by atoms with van der Waals surface area (Å²) in [6.45, 7) is 5.82. The smallest absolute Gasteiger partial charge is 0.416 e. The molecule has 0 aliphatic rings. The van der Waals surface area contributed by atoms with Crippen molar-refractivity contribution in [2.45, 2.75) is 45.7 Å². The third-order valence-electron chi connectivity index (χ3n) is 5.29. The van der Waals surface area contributed by atoms with E-state index in [1.54, 1.807) is 0 Å². The number of hydrogen-bond acceptors (Lipinski definition) is 5. The molecule has 0 aliphatic carbocycles. The molecule has 180 valence electrons. The zero-order valence-electron chi connectivity index (χ0n) is 19.0. The number of carboxylic acids is 1. The average molecular weight is 507 g/mol. The van der Waals surface area contributed by atoms with E-state index in [9.17, 15) is 18.0 Å². The fourth-order valence-electron chi connectivity index (χ4n) is 3.50. The van der Waals surface area contributed by atoms with Crippen LogP contribution in [0, 0.1) is 6.92 Å². The van der Waals surface area contributed by atoms with Crippen LogP contribution in [0.25, 0.3) is 10.6 Å². The van der Waals surface area contributed by atoms with Gasteiger partial charge in [-0.1, -0.05) is 44.3 Å². The van der Waals surface area contributed by atoms with Crippen LogP contribution in [-0.2, 0) is 17.4 Å². The van der Waals surface area contributed by atoms with Gasteiger partial charge in [0.2, 0.25) is 0 Å². The zero-order chi connectivity index (χ0) is 25.0. The molecule has 3 aromatic rings. The first-order valence-electron chi connectivity index (χ1n) is 10.7. The number of alkyl halides is 3. The molecule has 0 saturated carbocycles. The molecule has 4 nitrogen and oxygen atoms in total. The molecule has 3 rings (SSSR count). The highest BCUT2D eigenvalue weighted by Crippen LogP contribution is 2.35. The van der Waals surface area contributed by atoms with Crippen LogP contribution in [-0.4, -0.2) is 27.5 Å². The third kappa shape index (κ3) is 6.42. The van der Waals surface area contributed by atoms with Crippen LogP contribution in [0.1, 0.15) is 53.4 Å². The van der Waals surface area contributed by atoms with Crippen molar-refractivity contribution in [2.75, 3.05) is 11.9 Å². The summed E-state index contributed by atoms with van der Waals surface area (Å²) in [6, 6.07) is 10.7. The maximum atomic E-state index is 12.9. The number of carbonyl (C=O) groups is 1. The molecule has 0 aliphatic heterocycles. The lowest BCUT2D eigenvalue weighted by molar-refractivity contribution is -0.137. The summed E-state index contributed by atoms with van der Waals surface area (Å²) in [4.78, 5) is 17.3. The molecule has 1 aromatic heterocycles. The second-order valence-electron chi connectivity index (χ2n) is 8.26. The molecule has 34 heavy (non-hydrogen) atoms. The van der Waals surface area contributed by atoms with E-state index < -0.39 is 17.7 Å². The number of nitrogens with one attached hydrogen (secondary N) is 1. The Bertz CT molecular complexity index is 1190. The number of benzene rings is 2. The lowest BCUT2D eigenvalue weighted by Crippen LogP contribution is -2.13. The molecule has 0 spiro atoms. The Morgan fingerprint density at radius 1 is 1.18 bits per heavy atom. The van der Waals surface area contributed by atoms with Crippen molar-refractivity contribution in [3.63, 3.8) is 0 Å². The fourth-order valence-corrected chi connectivity index (χ4v) is 4.95. The minimum Gasteiger partial charge on any atom is -0.480 e. The van der Waals surface area contributed by atoms with Gasteiger partial charge in [-0.25, -0.2) is 4.98 Å². The van der Waals surface area contributed by atoms with Gasteiger partial charge in [-0.2, -0.15) is 13.2 Å². The monoisotopic (exact) mass is 506 g/mol. The first-order chi connectivity index (χ1) is 16.0. The third-order valence-corrected chi connectivity index (χ3v) is 6.91. The van der Waals surface area contributed by atoms with Crippen LogP contribution in [0.5, 0.6) is 0 Å². The van der Waals surface area contributed by atoms with E-state index in [-0.39, 0.29) is 12.5 Å². The number of anilines is 1. The van der Waals surface area contributed by atoms with Gasteiger partial charge >= 0.3 is 12.1 Å². The highest BCUT2D eigenvalue weighted by molar-refractivity contribution is 7.80. The average Bonchev–Trinajstić information content (AvgIpc) is 3.20. The molecule has 2 N–H and O–H groups in total. The van der Waals surface area contributed by atoms with E-state index in [0.29, 0.717) is 23.4 Å². The predicted octanol–water partition coefficient (Wildman–Crippen LogP) is 7.11. The number of halogens is 3. The quantitative estimate of drug-likeness (QED) is 0.239. The number of aryl methyl sites for hydroxylation is 2. The molecule has 0 bridgehead atoms. The van der Waals surface area contributed by atoms with E-state index in [0.717, 1.165) is 44.4 Å². The predicted molar refractivity (Wildman–Crippen MR) is 134 cm³/mol. The number of thiocarbonyl (C=S) groups is 1. The van der Waals surface area contributed by atoms with Gasteiger partial charge in [0.25, 0.3) is 0 Å². The molecular weight excluding hydrogens is 481 g/mol. The van der Waals surface area contributed by atoms with Gasteiger partial charge in [0, 0.05) is 21.0 Å². The van der Waals surface area contributed by atoms with Gasteiger partial charge in [-0.15, -0.1) is 11.3 Å². The molecule has 9 heteroatoms. The number of carboxylic acid groups (broad SMARTS) is 1. The number of rotatable bonds is 9. The highest BCUT2D eigenvalue weighted by Gasteiger charge is 2.30. The molecule has 0 atom stereocenters. The van der Waals surface area contributed by atoms with Crippen LogP contribution >= 0.6 is 23.6 Å². The maximum Gasteiger partial charge on any atom is 0.416 e. The van der Waals surface area contributed by atoms with Crippen molar-refractivity contribution in [2.24, 2.45) is 0 Å². The molecule has 2 aromatic carbocycles. The van der Waals surface area contributed by atoms with Gasteiger partial charge in [-0.05, 0) is 61.1 Å². The summed E-state index contributed by atoms with van der Waals surface area (Å²) in [5.74, 6) is -0.759. The topological polar surface area (TPSA) is 62.2 Å². The summed E-state index contributed by atoms with van der Waals surface area (Å²) in [7, 11) is 0. The Hall–Kier alpha value is -2.78. The fraction of sp³-hybridized carbons (Fsp3) is 0.320. The highest BCUT2D eigenvalue weighted by atomic mass is 32.1. The van der Waals surface area contributed by atoms with Gasteiger partial charge in [0.15, 0.2) is 0 Å². The lowest BCUT2D eigenvalue weighted by Gasteiger charge is -2.11. The van der Waals surface area contributed by atoms with Crippen molar-refractivity contribution in [3.05, 3.63) is 69.7 Å². The Morgan fingerprint density at radius 3 is 2.41 bits per heavy atom. The molecule has 0 radical (unpaired) electrons. The first-order valence-corrected chi connectivity index (χ1v) is 11.9. The number of thiazole rings is 1. The molecule has 0 unspecified atom stereocenters. The van der Waals surface area contributed by atoms with Crippen LogP contribution in [0.3, 0.4) is 0 Å². The van der Waals surface area contributed by atoms with Crippen LogP contribution in [0.4, 0.5) is 18.9 Å². The Balaban J connectivity index is 1.74. The van der Waals surface area contributed by atoms with Crippen molar-refractivity contribution in [1.82, 2.24) is 4.98 Å². The molecule has 0 saturated heterocycles. The Morgan fingerprint density at radius 2 is 1.85 bits per heavy atom. The van der Waals surface area contributed by atoms with Gasteiger partial charge in [0.1, 0.15) is 11.6 Å². The van der Waals surface area contributed by atoms with Crippen molar-refractivity contribution >= 4 is 40.1 Å². The summed E-state index contributed by atoms with van der Waals surface area (Å²) in [6.07, 6.45) is -3.05. The SMILES string of the molecule is Cc1cc(C(=S)CCc2sc(-c3ccc(C(F)(F)F)cc3)nc2C(C)C)ccc1NCC(=O)O. The van der Waals surface area contributed by atoms with E-state index >= 15 is 0 Å². The molecule has 0 amide bonds. The number of nitrogens with zero attached hydrogens (tertiary/aromatic N) is 1. The first kappa shape index (κ1) is 25.8. The van der Waals surface area contributed by atoms with Crippen molar-refractivity contribution < 1.29 is 23.1 Å². The Labute approximate surface area is 205 Å². The zero-order valence-corrected chi connectivity index (χ0v) is 20.6. The minimum absolute atomic E-state index is 0.157. The molecule has 1 heterocycles. The van der Waals surface area contributed by atoms with Gasteiger partial charge in [-0.3, -0.25) is 4.79 Å². The Kier molecular flexibility index (Phi) is 8.09. The van der Waals surface area contributed by atoms with Gasteiger partial charge < -0.3 is 10.4 Å². The van der Waals surface area contributed by atoms with E-state index in [1.807, 2.05) is 39.0 Å². The number of aliphatic carboxylic acids is 1. The van der Waals surface area contributed by atoms with Crippen LogP contribution in [0.15, 0.2) is 42.5 Å². The molecular formula is C25H25F3N2O2S2.